The summed E-state index contributed by atoms with van der Waals surface area (Å²) >= 11 is 0. The molecule has 2 N–H and O–H groups in total. The van der Waals surface area contributed by atoms with Crippen LogP contribution in [0.2, 0.25) is 0 Å². The molecule has 1 fully saturated rings. The third kappa shape index (κ3) is 5.84. The van der Waals surface area contributed by atoms with E-state index in [0.29, 0.717) is 22.5 Å². The average molecular weight is 424 g/mol. The topological polar surface area (TPSA) is 87.7 Å². The number of nitrogens with zero attached hydrogens (tertiary/aromatic N) is 1. The number of carbonyl (C=O) groups excluding carboxylic acids is 3. The molecular formula is C24H29N3O4. The maximum Gasteiger partial charge on any atom is 0.412 e. The van der Waals surface area contributed by atoms with E-state index in [1.807, 2.05) is 11.8 Å². The van der Waals surface area contributed by atoms with E-state index in [9.17, 15) is 14.4 Å². The molecule has 7 nitrogen and oxygen atoms in total. The maximum absolute atomic E-state index is 12.8. The Labute approximate surface area is 182 Å². The molecule has 3 amide bonds. The molecule has 1 heterocycles. The minimum absolute atomic E-state index is 0.00495. The highest BCUT2D eigenvalue weighted by atomic mass is 16.6. The van der Waals surface area contributed by atoms with E-state index in [-0.39, 0.29) is 11.8 Å². The second kappa shape index (κ2) is 9.20. The van der Waals surface area contributed by atoms with Gasteiger partial charge in [-0.1, -0.05) is 12.1 Å². The number of amides is 3. The van der Waals surface area contributed by atoms with Gasteiger partial charge in [0.2, 0.25) is 0 Å². The van der Waals surface area contributed by atoms with Crippen LogP contribution in [0.25, 0.3) is 0 Å². The first-order valence-electron chi connectivity index (χ1n) is 10.4. The molecule has 164 valence electrons. The van der Waals surface area contributed by atoms with Crippen molar-refractivity contribution in [3.8, 4) is 0 Å². The average Bonchev–Trinajstić information content (AvgIpc) is 3.22. The number of anilines is 2. The number of nitrogens with one attached hydrogen (secondary N) is 2. The van der Waals surface area contributed by atoms with Crippen molar-refractivity contribution in [2.24, 2.45) is 0 Å². The number of hydrogen-bond acceptors (Lipinski definition) is 4. The third-order valence-electron chi connectivity index (χ3n) is 4.98. The predicted octanol–water partition coefficient (Wildman–Crippen LogP) is 4.83. The van der Waals surface area contributed by atoms with Gasteiger partial charge < -0.3 is 15.0 Å². The number of rotatable bonds is 4. The van der Waals surface area contributed by atoms with Crippen LogP contribution in [0, 0.1) is 6.92 Å². The van der Waals surface area contributed by atoms with E-state index in [1.165, 1.54) is 0 Å². The number of ether oxygens (including phenoxy) is 1. The summed E-state index contributed by atoms with van der Waals surface area (Å²) < 4.78 is 5.24. The normalized spacial score (nSPS) is 13.6. The van der Waals surface area contributed by atoms with E-state index >= 15 is 0 Å². The van der Waals surface area contributed by atoms with E-state index in [1.54, 1.807) is 63.2 Å². The van der Waals surface area contributed by atoms with E-state index < -0.39 is 11.7 Å². The maximum atomic E-state index is 12.8. The Balaban J connectivity index is 1.72. The third-order valence-corrected chi connectivity index (χ3v) is 4.98. The van der Waals surface area contributed by atoms with Crippen molar-refractivity contribution in [1.29, 1.82) is 0 Å². The van der Waals surface area contributed by atoms with Crippen molar-refractivity contribution in [3.05, 3.63) is 59.2 Å². The van der Waals surface area contributed by atoms with Gasteiger partial charge >= 0.3 is 6.09 Å². The number of carbonyl (C=O) groups is 3. The van der Waals surface area contributed by atoms with Crippen molar-refractivity contribution >= 4 is 29.3 Å². The van der Waals surface area contributed by atoms with Crippen LogP contribution in [0.15, 0.2) is 42.5 Å². The van der Waals surface area contributed by atoms with Gasteiger partial charge in [0.05, 0.1) is 0 Å². The molecule has 31 heavy (non-hydrogen) atoms. The molecule has 2 aromatic rings. The van der Waals surface area contributed by atoms with Crippen molar-refractivity contribution in [2.75, 3.05) is 23.7 Å². The molecule has 3 rings (SSSR count). The minimum atomic E-state index is -0.617. The summed E-state index contributed by atoms with van der Waals surface area (Å²) in [5, 5.41) is 5.51. The number of likely N-dealkylation sites (tertiary alicyclic amines) is 1. The second-order valence-electron chi connectivity index (χ2n) is 8.64. The van der Waals surface area contributed by atoms with Crippen LogP contribution < -0.4 is 10.6 Å². The lowest BCUT2D eigenvalue weighted by Crippen LogP contribution is -2.28. The standard InChI is InChI=1S/C24H29N3O4/c1-16-19(22(29)27-13-5-6-14-27)11-8-12-20(16)26-21(28)17-9-7-10-18(15-17)25-23(30)31-24(2,3)4/h7-12,15H,5-6,13-14H2,1-4H3,(H,25,30)(H,26,28). The lowest BCUT2D eigenvalue weighted by Gasteiger charge is -2.20. The van der Waals surface area contributed by atoms with Crippen LogP contribution in [0.4, 0.5) is 16.2 Å². The van der Waals surface area contributed by atoms with Crippen molar-refractivity contribution in [1.82, 2.24) is 4.90 Å². The van der Waals surface area contributed by atoms with E-state index in [0.717, 1.165) is 31.5 Å². The zero-order chi connectivity index (χ0) is 22.6. The highest BCUT2D eigenvalue weighted by Gasteiger charge is 2.22. The minimum Gasteiger partial charge on any atom is -0.444 e. The summed E-state index contributed by atoms with van der Waals surface area (Å²) in [4.78, 5) is 39.4. The van der Waals surface area contributed by atoms with Gasteiger partial charge in [-0.05, 0) is 76.4 Å². The van der Waals surface area contributed by atoms with Gasteiger partial charge in [-0.2, -0.15) is 0 Å². The first-order valence-corrected chi connectivity index (χ1v) is 10.4. The fourth-order valence-corrected chi connectivity index (χ4v) is 3.45. The molecule has 0 aromatic heterocycles. The highest BCUT2D eigenvalue weighted by molar-refractivity contribution is 6.06. The summed E-state index contributed by atoms with van der Waals surface area (Å²) in [6, 6.07) is 11.9. The molecule has 0 radical (unpaired) electrons. The largest absolute Gasteiger partial charge is 0.444 e. The van der Waals surface area contributed by atoms with Gasteiger partial charge in [0.1, 0.15) is 5.60 Å². The molecule has 0 bridgehead atoms. The Kier molecular flexibility index (Phi) is 6.63. The van der Waals surface area contributed by atoms with Crippen molar-refractivity contribution in [2.45, 2.75) is 46.1 Å². The first kappa shape index (κ1) is 22.3. The summed E-state index contributed by atoms with van der Waals surface area (Å²) in [7, 11) is 0. The summed E-state index contributed by atoms with van der Waals surface area (Å²) in [6.45, 7) is 8.71. The lowest BCUT2D eigenvalue weighted by atomic mass is 10.0. The summed E-state index contributed by atoms with van der Waals surface area (Å²) in [5.41, 5.74) is 2.13. The molecule has 0 saturated carbocycles. The van der Waals surface area contributed by atoms with Crippen LogP contribution in [0.1, 0.15) is 59.9 Å². The van der Waals surface area contributed by atoms with Gasteiger partial charge in [-0.15, -0.1) is 0 Å². The monoisotopic (exact) mass is 423 g/mol. The van der Waals surface area contributed by atoms with Gasteiger partial charge in [0.25, 0.3) is 11.8 Å². The van der Waals surface area contributed by atoms with Crippen molar-refractivity contribution < 1.29 is 19.1 Å². The Hall–Kier alpha value is -3.35. The van der Waals surface area contributed by atoms with Crippen LogP contribution >= 0.6 is 0 Å². The highest BCUT2D eigenvalue weighted by Crippen LogP contribution is 2.23. The molecular weight excluding hydrogens is 394 g/mol. The van der Waals surface area contributed by atoms with Gasteiger partial charge in [0.15, 0.2) is 0 Å². The Morgan fingerprint density at radius 1 is 0.968 bits per heavy atom. The smallest absolute Gasteiger partial charge is 0.412 e. The molecule has 0 spiro atoms. The molecule has 0 aliphatic carbocycles. The van der Waals surface area contributed by atoms with E-state index in [4.69, 9.17) is 4.74 Å². The van der Waals surface area contributed by atoms with Gasteiger partial charge in [0, 0.05) is 35.6 Å². The quantitative estimate of drug-likeness (QED) is 0.737. The molecule has 0 unspecified atom stereocenters. The summed E-state index contributed by atoms with van der Waals surface area (Å²) in [5.74, 6) is -0.337. The van der Waals surface area contributed by atoms with E-state index in [2.05, 4.69) is 10.6 Å². The molecule has 1 saturated heterocycles. The number of benzene rings is 2. The molecule has 1 aliphatic rings. The molecule has 7 heteroatoms. The molecule has 0 atom stereocenters. The zero-order valence-electron chi connectivity index (χ0n) is 18.5. The fraction of sp³-hybridized carbons (Fsp3) is 0.375. The van der Waals surface area contributed by atoms with Crippen LogP contribution in [-0.4, -0.2) is 41.5 Å². The SMILES string of the molecule is Cc1c(NC(=O)c2cccc(NC(=O)OC(C)(C)C)c2)cccc1C(=O)N1CCCC1. The van der Waals surface area contributed by atoms with Crippen LogP contribution in [0.5, 0.6) is 0 Å². The zero-order valence-corrected chi connectivity index (χ0v) is 18.5. The Morgan fingerprint density at radius 2 is 1.65 bits per heavy atom. The number of hydrogen-bond donors (Lipinski definition) is 2. The lowest BCUT2D eigenvalue weighted by molar-refractivity contribution is 0.0635. The predicted molar refractivity (Wildman–Crippen MR) is 121 cm³/mol. The molecule has 1 aliphatic heterocycles. The van der Waals surface area contributed by atoms with Crippen LogP contribution in [-0.2, 0) is 4.74 Å². The Morgan fingerprint density at radius 3 is 2.32 bits per heavy atom. The fourth-order valence-electron chi connectivity index (χ4n) is 3.45. The molecule has 2 aromatic carbocycles. The second-order valence-corrected chi connectivity index (χ2v) is 8.64. The van der Waals surface area contributed by atoms with Gasteiger partial charge in [-0.25, -0.2) is 4.79 Å². The first-order chi connectivity index (χ1) is 14.6. The van der Waals surface area contributed by atoms with Gasteiger partial charge in [-0.3, -0.25) is 14.9 Å². The van der Waals surface area contributed by atoms with Crippen molar-refractivity contribution in [3.63, 3.8) is 0 Å². The summed E-state index contributed by atoms with van der Waals surface area (Å²) in [6.07, 6.45) is 1.46. The Bertz CT molecular complexity index is 989. The van der Waals surface area contributed by atoms with Crippen LogP contribution in [0.3, 0.4) is 0 Å².